The lowest BCUT2D eigenvalue weighted by Crippen LogP contribution is -2.38. The summed E-state index contributed by atoms with van der Waals surface area (Å²) in [5, 5.41) is 11.2. The second-order valence-electron chi connectivity index (χ2n) is 8.05. The quantitative estimate of drug-likeness (QED) is 0.905. The number of aromatic carboxylic acids is 1. The molecule has 4 heterocycles. The van der Waals surface area contributed by atoms with E-state index in [0.29, 0.717) is 23.5 Å². The summed E-state index contributed by atoms with van der Waals surface area (Å²) >= 11 is 1.31. The summed E-state index contributed by atoms with van der Waals surface area (Å²) in [6.45, 7) is 7.12. The van der Waals surface area contributed by atoms with Crippen molar-refractivity contribution in [1.29, 1.82) is 0 Å². The number of aromatic nitrogens is 2. The van der Waals surface area contributed by atoms with Gasteiger partial charge in [-0.15, -0.1) is 11.3 Å². The Morgan fingerprint density at radius 2 is 2.20 bits per heavy atom. The van der Waals surface area contributed by atoms with E-state index in [-0.39, 0.29) is 5.41 Å². The summed E-state index contributed by atoms with van der Waals surface area (Å²) < 4.78 is 0. The van der Waals surface area contributed by atoms with Gasteiger partial charge in [-0.25, -0.2) is 14.8 Å². The molecular weight excluding hydrogens is 334 g/mol. The topological polar surface area (TPSA) is 66.3 Å². The Balaban J connectivity index is 1.64. The van der Waals surface area contributed by atoms with Crippen molar-refractivity contribution in [3.05, 3.63) is 45.2 Å². The van der Waals surface area contributed by atoms with Crippen LogP contribution in [0.1, 0.15) is 72.0 Å². The molecule has 2 atom stereocenters. The average molecular weight is 357 g/mol. The zero-order valence-corrected chi connectivity index (χ0v) is 15.6. The molecule has 1 saturated heterocycles. The zero-order chi connectivity index (χ0) is 17.8. The molecule has 1 fully saturated rings. The van der Waals surface area contributed by atoms with Crippen LogP contribution in [0.15, 0.2) is 17.6 Å². The highest BCUT2D eigenvalue weighted by Crippen LogP contribution is 2.44. The molecule has 0 saturated carbocycles. The van der Waals surface area contributed by atoms with Gasteiger partial charge in [-0.2, -0.15) is 0 Å². The molecule has 1 N–H and O–H groups in total. The van der Waals surface area contributed by atoms with Gasteiger partial charge in [-0.3, -0.25) is 4.90 Å². The fraction of sp³-hybridized carbons (Fsp3) is 0.526. The van der Waals surface area contributed by atoms with Crippen molar-refractivity contribution in [2.45, 2.75) is 64.1 Å². The number of carboxylic acids is 1. The normalized spacial score (nSPS) is 22.8. The van der Waals surface area contributed by atoms with Crippen molar-refractivity contribution in [1.82, 2.24) is 14.9 Å². The standard InChI is InChI=1S/C19H23N3O2S/c1-19(2,3)18-20-9-13-14(21-18)8-12-4-5-15(13)22(12)10-11-6-7-25-16(11)17(23)24/h6-7,9,12,15H,4-5,8,10H2,1-3H3,(H,23,24). The van der Waals surface area contributed by atoms with E-state index in [1.807, 2.05) is 17.6 Å². The fourth-order valence-electron chi connectivity index (χ4n) is 4.03. The average Bonchev–Trinajstić information content (AvgIpc) is 3.10. The van der Waals surface area contributed by atoms with Crippen molar-refractivity contribution in [2.75, 3.05) is 0 Å². The number of hydrogen-bond donors (Lipinski definition) is 1. The van der Waals surface area contributed by atoms with Gasteiger partial charge in [0.05, 0.1) is 5.69 Å². The number of nitrogens with zero attached hydrogens (tertiary/aromatic N) is 3. The number of carboxylic acid groups (broad SMARTS) is 1. The Hall–Kier alpha value is -1.79. The number of fused-ring (bicyclic) bond motifs is 4. The molecule has 25 heavy (non-hydrogen) atoms. The largest absolute Gasteiger partial charge is 0.477 e. The van der Waals surface area contributed by atoms with E-state index < -0.39 is 5.97 Å². The minimum absolute atomic E-state index is 0.0434. The van der Waals surface area contributed by atoms with Crippen LogP contribution in [0.25, 0.3) is 0 Å². The highest BCUT2D eigenvalue weighted by molar-refractivity contribution is 7.12. The van der Waals surface area contributed by atoms with E-state index in [4.69, 9.17) is 4.98 Å². The molecule has 0 spiro atoms. The molecule has 2 aromatic heterocycles. The van der Waals surface area contributed by atoms with Crippen LogP contribution >= 0.6 is 11.3 Å². The third kappa shape index (κ3) is 2.87. The lowest BCUT2D eigenvalue weighted by Gasteiger charge is -2.36. The molecular formula is C19H23N3O2S. The smallest absolute Gasteiger partial charge is 0.346 e. The van der Waals surface area contributed by atoms with E-state index in [1.165, 1.54) is 22.6 Å². The summed E-state index contributed by atoms with van der Waals surface area (Å²) in [6, 6.07) is 2.70. The van der Waals surface area contributed by atoms with Crippen LogP contribution in [-0.2, 0) is 18.4 Å². The Bertz CT molecular complexity index is 824. The molecule has 4 rings (SSSR count). The summed E-state index contributed by atoms with van der Waals surface area (Å²) in [5.41, 5.74) is 3.30. The third-order valence-electron chi connectivity index (χ3n) is 5.30. The van der Waals surface area contributed by atoms with Crippen LogP contribution in [0.3, 0.4) is 0 Å². The predicted molar refractivity (Wildman–Crippen MR) is 97.0 cm³/mol. The third-order valence-corrected chi connectivity index (χ3v) is 6.24. The Morgan fingerprint density at radius 1 is 1.40 bits per heavy atom. The first-order chi connectivity index (χ1) is 11.8. The maximum Gasteiger partial charge on any atom is 0.346 e. The molecule has 0 amide bonds. The highest BCUT2D eigenvalue weighted by atomic mass is 32.1. The maximum absolute atomic E-state index is 11.4. The van der Waals surface area contributed by atoms with E-state index in [9.17, 15) is 9.90 Å². The lowest BCUT2D eigenvalue weighted by molar-refractivity contribution is 0.0698. The summed E-state index contributed by atoms with van der Waals surface area (Å²) in [7, 11) is 0. The molecule has 0 radical (unpaired) electrons. The maximum atomic E-state index is 11.4. The second-order valence-corrected chi connectivity index (χ2v) is 8.97. The van der Waals surface area contributed by atoms with Crippen LogP contribution in [-0.4, -0.2) is 32.0 Å². The molecule has 0 aliphatic carbocycles. The molecule has 2 aliphatic rings. The van der Waals surface area contributed by atoms with Gasteiger partial charge in [-0.1, -0.05) is 20.8 Å². The SMILES string of the molecule is CC(C)(C)c1ncc2c(n1)CC1CCC2N1Cc1ccsc1C(=O)O. The molecule has 2 unspecified atom stereocenters. The van der Waals surface area contributed by atoms with Crippen molar-refractivity contribution in [3.8, 4) is 0 Å². The minimum atomic E-state index is -0.826. The van der Waals surface area contributed by atoms with Crippen LogP contribution in [0.5, 0.6) is 0 Å². The molecule has 2 aromatic rings. The van der Waals surface area contributed by atoms with E-state index in [1.54, 1.807) is 0 Å². The molecule has 2 bridgehead atoms. The van der Waals surface area contributed by atoms with Crippen LogP contribution in [0, 0.1) is 0 Å². The summed E-state index contributed by atoms with van der Waals surface area (Å²) in [5.74, 6) is 0.0815. The zero-order valence-electron chi connectivity index (χ0n) is 14.8. The van der Waals surface area contributed by atoms with Gasteiger partial charge < -0.3 is 5.11 Å². The number of hydrogen-bond acceptors (Lipinski definition) is 5. The second kappa shape index (κ2) is 5.88. The van der Waals surface area contributed by atoms with Crippen molar-refractivity contribution < 1.29 is 9.90 Å². The minimum Gasteiger partial charge on any atom is -0.477 e. The first-order valence-electron chi connectivity index (χ1n) is 8.76. The van der Waals surface area contributed by atoms with Gasteiger partial charge in [0, 0.05) is 42.2 Å². The number of rotatable bonds is 3. The van der Waals surface area contributed by atoms with E-state index in [0.717, 1.165) is 30.7 Å². The summed E-state index contributed by atoms with van der Waals surface area (Å²) in [6.07, 6.45) is 5.18. The molecule has 2 aliphatic heterocycles. The predicted octanol–water partition coefficient (Wildman–Crippen LogP) is 3.80. The van der Waals surface area contributed by atoms with Gasteiger partial charge in [0.15, 0.2) is 0 Å². The highest BCUT2D eigenvalue weighted by Gasteiger charge is 2.41. The van der Waals surface area contributed by atoms with Gasteiger partial charge in [0.25, 0.3) is 0 Å². The Morgan fingerprint density at radius 3 is 2.92 bits per heavy atom. The van der Waals surface area contributed by atoms with Gasteiger partial charge in [0.1, 0.15) is 10.7 Å². The van der Waals surface area contributed by atoms with E-state index in [2.05, 4.69) is 30.7 Å². The lowest BCUT2D eigenvalue weighted by atomic mass is 9.93. The van der Waals surface area contributed by atoms with Gasteiger partial charge >= 0.3 is 5.97 Å². The Labute approximate surface area is 151 Å². The monoisotopic (exact) mass is 357 g/mol. The van der Waals surface area contributed by atoms with E-state index >= 15 is 0 Å². The van der Waals surface area contributed by atoms with Crippen molar-refractivity contribution >= 4 is 17.3 Å². The van der Waals surface area contributed by atoms with Gasteiger partial charge in [0.2, 0.25) is 0 Å². The van der Waals surface area contributed by atoms with Crippen LogP contribution < -0.4 is 0 Å². The van der Waals surface area contributed by atoms with Crippen LogP contribution in [0.2, 0.25) is 0 Å². The molecule has 132 valence electrons. The van der Waals surface area contributed by atoms with Crippen LogP contribution in [0.4, 0.5) is 0 Å². The fourth-order valence-corrected chi connectivity index (χ4v) is 4.78. The summed E-state index contributed by atoms with van der Waals surface area (Å²) in [4.78, 5) is 23.8. The number of thiophene rings is 1. The molecule has 0 aromatic carbocycles. The number of carbonyl (C=O) groups is 1. The van der Waals surface area contributed by atoms with Crippen molar-refractivity contribution in [2.24, 2.45) is 0 Å². The Kier molecular flexibility index (Phi) is 3.92. The first kappa shape index (κ1) is 16.7. The first-order valence-corrected chi connectivity index (χ1v) is 9.64. The van der Waals surface area contributed by atoms with Crippen molar-refractivity contribution in [3.63, 3.8) is 0 Å². The molecule has 5 nitrogen and oxygen atoms in total. The molecule has 6 heteroatoms. The van der Waals surface area contributed by atoms with Gasteiger partial charge in [-0.05, 0) is 29.9 Å².